The molecule has 0 bridgehead atoms. The number of carbonyl (C=O) groups excluding carboxylic acids is 1. The smallest absolute Gasteiger partial charge is 0.425 e. The van der Waals surface area contributed by atoms with Crippen LogP contribution < -0.4 is 5.73 Å². The van der Waals surface area contributed by atoms with Crippen molar-refractivity contribution in [3.05, 3.63) is 69.5 Å². The number of nitrogens with two attached hydrogens (primary N) is 1. The van der Waals surface area contributed by atoms with Crippen molar-refractivity contribution in [2.45, 2.75) is 37.6 Å². The maximum Gasteiger partial charge on any atom is 0.425 e. The summed E-state index contributed by atoms with van der Waals surface area (Å²) in [5, 5.41) is -0.0115. The van der Waals surface area contributed by atoms with E-state index in [9.17, 15) is 22.4 Å². The number of aliphatic imine (C=N–C) groups is 1. The first-order valence-electron chi connectivity index (χ1n) is 8.87. The summed E-state index contributed by atoms with van der Waals surface area (Å²) >= 11 is 6.01. The Balaban J connectivity index is 1.93. The largest absolute Gasteiger partial charge is 0.452 e. The fraction of sp³-hybridized carbons (Fsp3) is 0.300. The fourth-order valence-electron chi connectivity index (χ4n) is 3.27. The summed E-state index contributed by atoms with van der Waals surface area (Å²) in [7, 11) is 0. The van der Waals surface area contributed by atoms with Gasteiger partial charge in [0.2, 0.25) is 5.69 Å². The number of alkyl halides is 3. The number of aromatic nitrogens is 1. The van der Waals surface area contributed by atoms with E-state index < -0.39 is 41.9 Å². The number of ketones is 1. The highest BCUT2D eigenvalue weighted by molar-refractivity contribution is 6.33. The molecule has 1 aromatic carbocycles. The monoisotopic (exact) mass is 454 g/mol. The predicted molar refractivity (Wildman–Crippen MR) is 104 cm³/mol. The Bertz CT molecular complexity index is 1110. The van der Waals surface area contributed by atoms with Crippen molar-refractivity contribution in [1.29, 1.82) is 0 Å². The second-order valence-corrected chi connectivity index (χ2v) is 7.53. The standard InChI is InChI=1S/C20H15ClF4N4O2/c1-19(8-16(20(23,24)25)31-18(26)29-19)12-5-10(3-4-14(12)22)6-15(30)17-13(21)7-11(27-2)9-28-17/h3-5,7,9,16H,6,8H2,1H3,(H2,26,29)/t16-,19-/m0/s1. The lowest BCUT2D eigenvalue weighted by atomic mass is 9.84. The summed E-state index contributed by atoms with van der Waals surface area (Å²) < 4.78 is 58.7. The number of halogens is 5. The highest BCUT2D eigenvalue weighted by Crippen LogP contribution is 2.41. The van der Waals surface area contributed by atoms with Crippen LogP contribution in [0, 0.1) is 12.4 Å². The lowest BCUT2D eigenvalue weighted by molar-refractivity contribution is -0.208. The van der Waals surface area contributed by atoms with Crippen molar-refractivity contribution in [2.24, 2.45) is 10.7 Å². The Hall–Kier alpha value is -3.19. The molecule has 1 aliphatic rings. The number of hydrogen-bond donors (Lipinski definition) is 1. The van der Waals surface area contributed by atoms with E-state index in [4.69, 9.17) is 23.9 Å². The molecule has 11 heteroatoms. The minimum atomic E-state index is -4.72. The lowest BCUT2D eigenvalue weighted by Crippen LogP contribution is -2.46. The van der Waals surface area contributed by atoms with Crippen LogP contribution in [0.4, 0.5) is 23.2 Å². The van der Waals surface area contributed by atoms with Crippen molar-refractivity contribution in [3.8, 4) is 0 Å². The van der Waals surface area contributed by atoms with Gasteiger partial charge in [0.15, 0.2) is 11.9 Å². The van der Waals surface area contributed by atoms with Crippen LogP contribution in [-0.4, -0.2) is 29.1 Å². The summed E-state index contributed by atoms with van der Waals surface area (Å²) in [6.07, 6.45) is -6.70. The highest BCUT2D eigenvalue weighted by atomic mass is 35.5. The first-order chi connectivity index (χ1) is 14.4. The van der Waals surface area contributed by atoms with Crippen LogP contribution in [0.25, 0.3) is 4.85 Å². The van der Waals surface area contributed by atoms with E-state index in [1.54, 1.807) is 0 Å². The predicted octanol–water partition coefficient (Wildman–Crippen LogP) is 4.73. The number of benzene rings is 1. The van der Waals surface area contributed by atoms with Gasteiger partial charge in [-0.05, 0) is 30.7 Å². The maximum absolute atomic E-state index is 14.6. The molecule has 0 unspecified atom stereocenters. The number of ether oxygens (including phenoxy) is 1. The third kappa shape index (κ3) is 4.77. The number of nitrogens with zero attached hydrogens (tertiary/aromatic N) is 3. The van der Waals surface area contributed by atoms with Crippen LogP contribution in [-0.2, 0) is 16.7 Å². The summed E-state index contributed by atoms with van der Waals surface area (Å²) in [6.45, 7) is 8.24. The quantitative estimate of drug-likeness (QED) is 0.411. The molecule has 3 rings (SSSR count). The van der Waals surface area contributed by atoms with Crippen LogP contribution in [0.3, 0.4) is 0 Å². The maximum atomic E-state index is 14.6. The van der Waals surface area contributed by atoms with E-state index in [1.165, 1.54) is 31.3 Å². The Morgan fingerprint density at radius 2 is 2.13 bits per heavy atom. The fourth-order valence-corrected chi connectivity index (χ4v) is 3.54. The number of Topliss-reactive ketones (excluding diaryl/α,β-unsaturated/α-hetero) is 1. The van der Waals surface area contributed by atoms with Gasteiger partial charge in [0.05, 0.1) is 17.1 Å². The lowest BCUT2D eigenvalue weighted by Gasteiger charge is -2.36. The van der Waals surface area contributed by atoms with Gasteiger partial charge in [-0.2, -0.15) is 13.2 Å². The van der Waals surface area contributed by atoms with E-state index in [2.05, 4.69) is 19.6 Å². The van der Waals surface area contributed by atoms with Gasteiger partial charge >= 0.3 is 6.18 Å². The zero-order valence-electron chi connectivity index (χ0n) is 16.0. The van der Waals surface area contributed by atoms with E-state index in [0.717, 1.165) is 6.07 Å². The zero-order valence-corrected chi connectivity index (χ0v) is 16.8. The van der Waals surface area contributed by atoms with Crippen LogP contribution >= 0.6 is 11.6 Å². The zero-order chi connectivity index (χ0) is 23.0. The first-order valence-corrected chi connectivity index (χ1v) is 9.24. The van der Waals surface area contributed by atoms with Gasteiger partial charge in [0.1, 0.15) is 11.5 Å². The molecule has 0 spiro atoms. The Kier molecular flexibility index (Phi) is 5.91. The average molecular weight is 455 g/mol. The van der Waals surface area contributed by atoms with E-state index in [0.29, 0.717) is 5.56 Å². The van der Waals surface area contributed by atoms with Crippen molar-refractivity contribution in [1.82, 2.24) is 4.98 Å². The number of pyridine rings is 1. The average Bonchev–Trinajstić information content (AvgIpc) is 2.67. The van der Waals surface area contributed by atoms with Gasteiger partial charge in [-0.25, -0.2) is 14.2 Å². The number of amidine groups is 1. The molecule has 0 radical (unpaired) electrons. The molecule has 1 aromatic heterocycles. The van der Waals surface area contributed by atoms with Crippen LogP contribution in [0.1, 0.15) is 35.0 Å². The van der Waals surface area contributed by atoms with Gasteiger partial charge in [-0.15, -0.1) is 0 Å². The topological polar surface area (TPSA) is 81.9 Å². The number of rotatable bonds is 4. The molecule has 2 heterocycles. The van der Waals surface area contributed by atoms with Gasteiger partial charge < -0.3 is 10.5 Å². The second-order valence-electron chi connectivity index (χ2n) is 7.13. The van der Waals surface area contributed by atoms with Crippen LogP contribution in [0.15, 0.2) is 35.5 Å². The van der Waals surface area contributed by atoms with E-state index in [1.807, 2.05) is 0 Å². The molecule has 0 fully saturated rings. The molecule has 31 heavy (non-hydrogen) atoms. The number of carbonyl (C=O) groups is 1. The van der Waals surface area contributed by atoms with Crippen molar-refractivity contribution in [2.75, 3.05) is 0 Å². The minimum absolute atomic E-state index is 0.0115. The highest BCUT2D eigenvalue weighted by Gasteiger charge is 2.50. The molecular formula is C20H15ClF4N4O2. The van der Waals surface area contributed by atoms with Crippen LogP contribution in [0.5, 0.6) is 0 Å². The van der Waals surface area contributed by atoms with Gasteiger partial charge in [-0.1, -0.05) is 17.7 Å². The summed E-state index contributed by atoms with van der Waals surface area (Å²) in [5.41, 5.74) is 4.03. The third-order valence-corrected chi connectivity index (χ3v) is 5.05. The molecule has 0 saturated heterocycles. The molecule has 2 aromatic rings. The molecular weight excluding hydrogens is 440 g/mol. The summed E-state index contributed by atoms with van der Waals surface area (Å²) in [6, 6.07) is 4.24. The SMILES string of the molecule is [C-]#[N+]c1cnc(C(=O)Cc2ccc(F)c([C@]3(C)C[C@@H](C(F)(F)F)OC(N)=N3)c2)c(Cl)c1. The summed E-state index contributed by atoms with van der Waals surface area (Å²) in [5.74, 6) is -1.30. The molecule has 0 amide bonds. The Labute approximate surface area is 179 Å². The Morgan fingerprint density at radius 3 is 2.74 bits per heavy atom. The molecule has 1 aliphatic heterocycles. The van der Waals surface area contributed by atoms with E-state index >= 15 is 0 Å². The Morgan fingerprint density at radius 1 is 1.42 bits per heavy atom. The van der Waals surface area contributed by atoms with E-state index in [-0.39, 0.29) is 28.4 Å². The van der Waals surface area contributed by atoms with Crippen LogP contribution in [0.2, 0.25) is 5.02 Å². The number of hydrogen-bond acceptors (Lipinski definition) is 5. The van der Waals surface area contributed by atoms with Crippen molar-refractivity contribution >= 4 is 29.1 Å². The van der Waals surface area contributed by atoms with Gasteiger partial charge in [0, 0.05) is 24.6 Å². The normalized spacial score (nSPS) is 21.1. The van der Waals surface area contributed by atoms with Gasteiger partial charge in [-0.3, -0.25) is 9.78 Å². The molecule has 0 saturated carbocycles. The minimum Gasteiger partial charge on any atom is -0.452 e. The third-order valence-electron chi connectivity index (χ3n) is 4.76. The molecule has 162 valence electrons. The molecule has 0 aliphatic carbocycles. The molecule has 2 N–H and O–H groups in total. The second kappa shape index (κ2) is 8.15. The van der Waals surface area contributed by atoms with Gasteiger partial charge in [0.25, 0.3) is 6.02 Å². The van der Waals surface area contributed by atoms with Crippen molar-refractivity contribution in [3.63, 3.8) is 0 Å². The molecule has 2 atom stereocenters. The van der Waals surface area contributed by atoms with Crippen molar-refractivity contribution < 1.29 is 27.1 Å². The first kappa shape index (κ1) is 22.5. The molecule has 6 nitrogen and oxygen atoms in total. The summed E-state index contributed by atoms with van der Waals surface area (Å²) in [4.78, 5) is 23.5.